The second-order valence-electron chi connectivity index (χ2n) is 4.03. The van der Waals surface area contributed by atoms with Gasteiger partial charge in [-0.3, -0.25) is 0 Å². The van der Waals surface area contributed by atoms with Crippen LogP contribution >= 0.6 is 0 Å². The maximum Gasteiger partial charge on any atom is 0.416 e. The summed E-state index contributed by atoms with van der Waals surface area (Å²) in [7, 11) is 0. The lowest BCUT2D eigenvalue weighted by Crippen LogP contribution is -2.04. The van der Waals surface area contributed by atoms with Gasteiger partial charge in [0.15, 0.2) is 0 Å². The molecule has 0 unspecified atom stereocenters. The Kier molecular flexibility index (Phi) is 3.64. The highest BCUT2D eigenvalue weighted by molar-refractivity contribution is 5.48. The van der Waals surface area contributed by atoms with Gasteiger partial charge >= 0.3 is 6.18 Å². The molecular formula is C14H11F3N2. The number of alkyl halides is 3. The van der Waals surface area contributed by atoms with Gasteiger partial charge in [-0.2, -0.15) is 23.4 Å². The number of nitrogens with zero attached hydrogens (tertiary/aromatic N) is 2. The molecule has 0 amide bonds. The third-order valence-electron chi connectivity index (χ3n) is 2.55. The minimum Gasteiger partial charge on any atom is -0.166 e. The van der Waals surface area contributed by atoms with Crippen molar-refractivity contribution in [1.82, 2.24) is 0 Å². The summed E-state index contributed by atoms with van der Waals surface area (Å²) in [5.41, 5.74) is 0.844. The molecule has 0 aliphatic carbocycles. The molecule has 5 heteroatoms. The summed E-state index contributed by atoms with van der Waals surface area (Å²) >= 11 is 0. The van der Waals surface area contributed by atoms with E-state index in [1.165, 1.54) is 6.07 Å². The van der Waals surface area contributed by atoms with Crippen LogP contribution in [-0.4, -0.2) is 0 Å². The Morgan fingerprint density at radius 2 is 1.58 bits per heavy atom. The van der Waals surface area contributed by atoms with Gasteiger partial charge in [0.25, 0.3) is 0 Å². The van der Waals surface area contributed by atoms with Crippen molar-refractivity contribution in [2.45, 2.75) is 13.1 Å². The third-order valence-corrected chi connectivity index (χ3v) is 2.55. The first-order valence-electron chi connectivity index (χ1n) is 5.61. The predicted molar refractivity (Wildman–Crippen MR) is 66.8 cm³/mol. The van der Waals surface area contributed by atoms with E-state index in [1.54, 1.807) is 19.1 Å². The molecule has 0 aliphatic rings. The fourth-order valence-electron chi connectivity index (χ4n) is 1.55. The number of hydrogen-bond acceptors (Lipinski definition) is 2. The number of halogens is 3. The zero-order valence-corrected chi connectivity index (χ0v) is 10.1. The summed E-state index contributed by atoms with van der Waals surface area (Å²) in [4.78, 5) is 0. The highest BCUT2D eigenvalue weighted by Crippen LogP contribution is 2.32. The molecule has 2 aromatic rings. The van der Waals surface area contributed by atoms with Crippen LogP contribution in [0.3, 0.4) is 0 Å². The van der Waals surface area contributed by atoms with E-state index in [0.717, 1.165) is 12.1 Å². The Morgan fingerprint density at radius 3 is 2.16 bits per heavy atom. The van der Waals surface area contributed by atoms with Crippen molar-refractivity contribution in [2.24, 2.45) is 10.2 Å². The fourth-order valence-corrected chi connectivity index (χ4v) is 1.55. The number of hydrogen-bond donors (Lipinski definition) is 0. The summed E-state index contributed by atoms with van der Waals surface area (Å²) in [6.07, 6.45) is -4.33. The summed E-state index contributed by atoms with van der Waals surface area (Å²) < 4.78 is 37.5. The Morgan fingerprint density at radius 1 is 0.895 bits per heavy atom. The van der Waals surface area contributed by atoms with Crippen LogP contribution in [0.15, 0.2) is 58.8 Å². The number of rotatable bonds is 2. The van der Waals surface area contributed by atoms with E-state index in [0.29, 0.717) is 16.9 Å². The number of azo groups is 1. The molecule has 19 heavy (non-hydrogen) atoms. The first-order chi connectivity index (χ1) is 8.97. The molecule has 0 bridgehead atoms. The van der Waals surface area contributed by atoms with E-state index in [-0.39, 0.29) is 0 Å². The van der Waals surface area contributed by atoms with Crippen molar-refractivity contribution in [2.75, 3.05) is 0 Å². The standard InChI is InChI=1S/C14H11F3N2/c1-10-9-11(14(15,16)17)7-8-13(10)19-18-12-5-3-2-4-6-12/h2-9H,1H3. The molecule has 0 aromatic heterocycles. The maximum atomic E-state index is 12.5. The molecule has 0 spiro atoms. The van der Waals surface area contributed by atoms with Gasteiger partial charge in [0.05, 0.1) is 16.9 Å². The highest BCUT2D eigenvalue weighted by Gasteiger charge is 2.30. The Labute approximate surface area is 108 Å². The Balaban J connectivity index is 2.25. The van der Waals surface area contributed by atoms with Gasteiger partial charge in [0.1, 0.15) is 0 Å². The lowest BCUT2D eigenvalue weighted by atomic mass is 10.1. The zero-order valence-electron chi connectivity index (χ0n) is 10.1. The average Bonchev–Trinajstić information content (AvgIpc) is 2.37. The molecule has 0 saturated heterocycles. The average molecular weight is 264 g/mol. The fraction of sp³-hybridized carbons (Fsp3) is 0.143. The number of aryl methyl sites for hydroxylation is 1. The molecule has 0 saturated carbocycles. The van der Waals surface area contributed by atoms with Crippen LogP contribution in [0.5, 0.6) is 0 Å². The van der Waals surface area contributed by atoms with Crippen molar-refractivity contribution in [3.8, 4) is 0 Å². The normalized spacial score (nSPS) is 12.0. The van der Waals surface area contributed by atoms with Gasteiger partial charge in [-0.1, -0.05) is 18.2 Å². The molecule has 2 rings (SSSR count). The monoisotopic (exact) mass is 264 g/mol. The van der Waals surface area contributed by atoms with Crippen molar-refractivity contribution >= 4 is 11.4 Å². The minimum atomic E-state index is -4.33. The topological polar surface area (TPSA) is 24.7 Å². The van der Waals surface area contributed by atoms with Crippen LogP contribution in [0.1, 0.15) is 11.1 Å². The van der Waals surface area contributed by atoms with Crippen LogP contribution < -0.4 is 0 Å². The Bertz CT molecular complexity index is 589. The van der Waals surface area contributed by atoms with E-state index in [4.69, 9.17) is 0 Å². The van der Waals surface area contributed by atoms with Gasteiger partial charge in [0.2, 0.25) is 0 Å². The van der Waals surface area contributed by atoms with Crippen molar-refractivity contribution in [3.63, 3.8) is 0 Å². The first-order valence-corrected chi connectivity index (χ1v) is 5.61. The van der Waals surface area contributed by atoms with Crippen LogP contribution in [0, 0.1) is 6.92 Å². The smallest absolute Gasteiger partial charge is 0.166 e. The van der Waals surface area contributed by atoms with Gasteiger partial charge in [-0.05, 0) is 42.8 Å². The first kappa shape index (κ1) is 13.3. The molecule has 0 N–H and O–H groups in total. The highest BCUT2D eigenvalue weighted by atomic mass is 19.4. The Hall–Kier alpha value is -2.17. The van der Waals surface area contributed by atoms with Gasteiger partial charge in [0, 0.05) is 0 Å². The molecule has 0 fully saturated rings. The van der Waals surface area contributed by atoms with Crippen LogP contribution in [0.2, 0.25) is 0 Å². The van der Waals surface area contributed by atoms with E-state index in [2.05, 4.69) is 10.2 Å². The molecule has 0 heterocycles. The van der Waals surface area contributed by atoms with E-state index < -0.39 is 11.7 Å². The van der Waals surface area contributed by atoms with Crippen molar-refractivity contribution < 1.29 is 13.2 Å². The van der Waals surface area contributed by atoms with Crippen molar-refractivity contribution in [1.29, 1.82) is 0 Å². The largest absolute Gasteiger partial charge is 0.416 e. The van der Waals surface area contributed by atoms with Crippen LogP contribution in [0.25, 0.3) is 0 Å². The maximum absolute atomic E-state index is 12.5. The molecule has 98 valence electrons. The molecule has 0 atom stereocenters. The molecular weight excluding hydrogens is 253 g/mol. The van der Waals surface area contributed by atoms with Crippen LogP contribution in [0.4, 0.5) is 24.5 Å². The predicted octanol–water partition coefficient (Wildman–Crippen LogP) is 5.43. The van der Waals surface area contributed by atoms with E-state index >= 15 is 0 Å². The van der Waals surface area contributed by atoms with E-state index in [9.17, 15) is 13.2 Å². The number of benzene rings is 2. The molecule has 0 radical (unpaired) electrons. The summed E-state index contributed by atoms with van der Waals surface area (Å²) in [5, 5.41) is 7.93. The minimum absolute atomic E-state index is 0.428. The lowest BCUT2D eigenvalue weighted by molar-refractivity contribution is -0.137. The SMILES string of the molecule is Cc1cc(C(F)(F)F)ccc1N=Nc1ccccc1. The summed E-state index contributed by atoms with van der Waals surface area (Å²) in [6, 6.07) is 12.4. The van der Waals surface area contributed by atoms with Gasteiger partial charge in [-0.25, -0.2) is 0 Å². The van der Waals surface area contributed by atoms with Crippen LogP contribution in [-0.2, 0) is 6.18 Å². The third kappa shape index (κ3) is 3.40. The summed E-state index contributed by atoms with van der Waals surface area (Å²) in [6.45, 7) is 1.58. The van der Waals surface area contributed by atoms with E-state index in [1.807, 2.05) is 18.2 Å². The second-order valence-corrected chi connectivity index (χ2v) is 4.03. The molecule has 2 nitrogen and oxygen atoms in total. The lowest BCUT2D eigenvalue weighted by Gasteiger charge is -2.08. The quantitative estimate of drug-likeness (QED) is 0.646. The zero-order chi connectivity index (χ0) is 13.9. The molecule has 2 aromatic carbocycles. The second kappa shape index (κ2) is 5.22. The van der Waals surface area contributed by atoms with Crippen molar-refractivity contribution in [3.05, 3.63) is 59.7 Å². The van der Waals surface area contributed by atoms with Gasteiger partial charge < -0.3 is 0 Å². The molecule has 0 aliphatic heterocycles. The summed E-state index contributed by atoms with van der Waals surface area (Å²) in [5.74, 6) is 0. The van der Waals surface area contributed by atoms with Gasteiger partial charge in [-0.15, -0.1) is 0 Å².